The van der Waals surface area contributed by atoms with Gasteiger partial charge in [-0.1, -0.05) is 20.3 Å². The molecule has 0 spiro atoms. The number of carbonyl (C=O) groups excluding carboxylic acids is 2. The molecule has 0 aliphatic heterocycles. The molecule has 5 N–H and O–H groups in total. The van der Waals surface area contributed by atoms with E-state index in [2.05, 4.69) is 19.2 Å². The van der Waals surface area contributed by atoms with Crippen LogP contribution in [0.2, 0.25) is 0 Å². The van der Waals surface area contributed by atoms with E-state index in [0.29, 0.717) is 5.92 Å². The van der Waals surface area contributed by atoms with Gasteiger partial charge in [-0.3, -0.25) is 9.59 Å². The van der Waals surface area contributed by atoms with Gasteiger partial charge in [-0.25, -0.2) is 0 Å². The fourth-order valence-electron chi connectivity index (χ4n) is 1.49. The summed E-state index contributed by atoms with van der Waals surface area (Å²) in [5.41, 5.74) is 10.5. The molecule has 0 heterocycles. The van der Waals surface area contributed by atoms with Crippen LogP contribution in [0.25, 0.3) is 0 Å². The van der Waals surface area contributed by atoms with Gasteiger partial charge < -0.3 is 16.8 Å². The SMILES string of the molecule is CCC(C)CC(C)NC(=O)C(N)CC(N)=O. The van der Waals surface area contributed by atoms with E-state index < -0.39 is 11.9 Å². The number of carbonyl (C=O) groups is 2. The number of hydrogen-bond acceptors (Lipinski definition) is 3. The molecule has 0 rings (SSSR count). The molecule has 2 amide bonds. The van der Waals surface area contributed by atoms with Crippen molar-refractivity contribution in [3.8, 4) is 0 Å². The zero-order chi connectivity index (χ0) is 12.7. The minimum Gasteiger partial charge on any atom is -0.370 e. The number of primary amides is 1. The van der Waals surface area contributed by atoms with E-state index in [1.54, 1.807) is 0 Å². The van der Waals surface area contributed by atoms with E-state index >= 15 is 0 Å². The summed E-state index contributed by atoms with van der Waals surface area (Å²) in [6, 6.07) is -0.766. The van der Waals surface area contributed by atoms with Gasteiger partial charge in [0.05, 0.1) is 12.5 Å². The smallest absolute Gasteiger partial charge is 0.237 e. The van der Waals surface area contributed by atoms with Crippen LogP contribution < -0.4 is 16.8 Å². The van der Waals surface area contributed by atoms with Gasteiger partial charge in [-0.2, -0.15) is 0 Å². The van der Waals surface area contributed by atoms with Crippen molar-refractivity contribution in [3.63, 3.8) is 0 Å². The Morgan fingerprint density at radius 1 is 1.31 bits per heavy atom. The molecule has 94 valence electrons. The topological polar surface area (TPSA) is 98.2 Å². The Balaban J connectivity index is 3.98. The highest BCUT2D eigenvalue weighted by molar-refractivity contribution is 5.87. The summed E-state index contributed by atoms with van der Waals surface area (Å²) in [7, 11) is 0. The molecule has 0 aromatic carbocycles. The molecule has 5 heteroatoms. The van der Waals surface area contributed by atoms with E-state index in [0.717, 1.165) is 12.8 Å². The molecule has 0 saturated carbocycles. The molecule has 3 unspecified atom stereocenters. The quantitative estimate of drug-likeness (QED) is 0.578. The Morgan fingerprint density at radius 2 is 1.88 bits per heavy atom. The molecule has 0 saturated heterocycles. The zero-order valence-electron chi connectivity index (χ0n) is 10.3. The molecule has 0 aromatic rings. The standard InChI is InChI=1S/C11H23N3O2/c1-4-7(2)5-8(3)14-11(16)9(12)6-10(13)15/h7-9H,4-6,12H2,1-3H3,(H2,13,15)(H,14,16). The molecular formula is C11H23N3O2. The lowest BCUT2D eigenvalue weighted by Crippen LogP contribution is -2.46. The van der Waals surface area contributed by atoms with Gasteiger partial charge in [0, 0.05) is 6.04 Å². The predicted octanol–water partition coefficient (Wildman–Crippen LogP) is 0.130. The van der Waals surface area contributed by atoms with Crippen LogP contribution in [-0.4, -0.2) is 23.9 Å². The highest BCUT2D eigenvalue weighted by Crippen LogP contribution is 2.09. The average Bonchev–Trinajstić information content (AvgIpc) is 2.16. The predicted molar refractivity (Wildman–Crippen MR) is 63.5 cm³/mol. The van der Waals surface area contributed by atoms with Crippen molar-refractivity contribution in [1.82, 2.24) is 5.32 Å². The van der Waals surface area contributed by atoms with E-state index in [1.807, 2.05) is 6.92 Å². The minimum absolute atomic E-state index is 0.0707. The second kappa shape index (κ2) is 7.22. The fourth-order valence-corrected chi connectivity index (χ4v) is 1.49. The van der Waals surface area contributed by atoms with Crippen molar-refractivity contribution in [3.05, 3.63) is 0 Å². The molecule has 0 fully saturated rings. The highest BCUT2D eigenvalue weighted by Gasteiger charge is 2.18. The largest absolute Gasteiger partial charge is 0.370 e. The minimum atomic E-state index is -0.836. The number of nitrogens with one attached hydrogen (secondary N) is 1. The highest BCUT2D eigenvalue weighted by atomic mass is 16.2. The number of rotatable bonds is 7. The molecule has 3 atom stereocenters. The maximum absolute atomic E-state index is 11.5. The third kappa shape index (κ3) is 6.40. The summed E-state index contributed by atoms with van der Waals surface area (Å²) in [4.78, 5) is 22.1. The van der Waals surface area contributed by atoms with Crippen molar-refractivity contribution in [2.24, 2.45) is 17.4 Å². The summed E-state index contributed by atoms with van der Waals surface area (Å²) < 4.78 is 0. The van der Waals surface area contributed by atoms with Crippen LogP contribution >= 0.6 is 0 Å². The van der Waals surface area contributed by atoms with Crippen molar-refractivity contribution >= 4 is 11.8 Å². The lowest BCUT2D eigenvalue weighted by Gasteiger charge is -2.19. The van der Waals surface area contributed by atoms with E-state index in [1.165, 1.54) is 0 Å². The van der Waals surface area contributed by atoms with Gasteiger partial charge in [-0.05, 0) is 19.3 Å². The van der Waals surface area contributed by atoms with Crippen LogP contribution in [0.1, 0.15) is 40.0 Å². The summed E-state index contributed by atoms with van der Waals surface area (Å²) >= 11 is 0. The van der Waals surface area contributed by atoms with Crippen LogP contribution in [0.3, 0.4) is 0 Å². The van der Waals surface area contributed by atoms with Crippen LogP contribution in [0, 0.1) is 5.92 Å². The Bertz CT molecular complexity index is 243. The number of amides is 2. The molecule has 0 aliphatic carbocycles. The molecule has 0 radical (unpaired) electrons. The van der Waals surface area contributed by atoms with Gasteiger partial charge >= 0.3 is 0 Å². The number of nitrogens with two attached hydrogens (primary N) is 2. The van der Waals surface area contributed by atoms with Crippen molar-refractivity contribution in [2.75, 3.05) is 0 Å². The van der Waals surface area contributed by atoms with E-state index in [9.17, 15) is 9.59 Å². The monoisotopic (exact) mass is 229 g/mol. The van der Waals surface area contributed by atoms with Gasteiger partial charge in [-0.15, -0.1) is 0 Å². The lowest BCUT2D eigenvalue weighted by molar-refractivity contribution is -0.126. The molecule has 16 heavy (non-hydrogen) atoms. The van der Waals surface area contributed by atoms with Crippen LogP contribution in [0.5, 0.6) is 0 Å². The van der Waals surface area contributed by atoms with Gasteiger partial charge in [0.15, 0.2) is 0 Å². The Labute approximate surface area is 96.9 Å². The Kier molecular flexibility index (Phi) is 6.72. The first-order valence-electron chi connectivity index (χ1n) is 5.71. The van der Waals surface area contributed by atoms with Gasteiger partial charge in [0.1, 0.15) is 0 Å². The van der Waals surface area contributed by atoms with Crippen molar-refractivity contribution < 1.29 is 9.59 Å². The van der Waals surface area contributed by atoms with Crippen LogP contribution in [0.15, 0.2) is 0 Å². The lowest BCUT2D eigenvalue weighted by atomic mass is 10.00. The van der Waals surface area contributed by atoms with Gasteiger partial charge in [0.2, 0.25) is 11.8 Å². The molecule has 5 nitrogen and oxygen atoms in total. The second-order valence-corrected chi connectivity index (χ2v) is 4.44. The number of hydrogen-bond donors (Lipinski definition) is 3. The maximum atomic E-state index is 11.5. The molecular weight excluding hydrogens is 206 g/mol. The zero-order valence-corrected chi connectivity index (χ0v) is 10.3. The van der Waals surface area contributed by atoms with E-state index in [-0.39, 0.29) is 18.4 Å². The van der Waals surface area contributed by atoms with Crippen molar-refractivity contribution in [2.45, 2.75) is 52.1 Å². The van der Waals surface area contributed by atoms with Crippen LogP contribution in [0.4, 0.5) is 0 Å². The third-order valence-corrected chi connectivity index (χ3v) is 2.60. The van der Waals surface area contributed by atoms with E-state index in [4.69, 9.17) is 11.5 Å². The summed E-state index contributed by atoms with van der Waals surface area (Å²) in [6.45, 7) is 6.17. The molecule has 0 bridgehead atoms. The average molecular weight is 229 g/mol. The molecule has 0 aliphatic rings. The fraction of sp³-hybridized carbons (Fsp3) is 0.818. The summed E-state index contributed by atoms with van der Waals surface area (Å²) in [5.74, 6) is -0.311. The summed E-state index contributed by atoms with van der Waals surface area (Å²) in [5, 5.41) is 2.78. The first kappa shape index (κ1) is 14.9. The Morgan fingerprint density at radius 3 is 2.31 bits per heavy atom. The first-order valence-corrected chi connectivity index (χ1v) is 5.71. The van der Waals surface area contributed by atoms with Crippen LogP contribution in [-0.2, 0) is 9.59 Å². The maximum Gasteiger partial charge on any atom is 0.237 e. The normalized spacial score (nSPS) is 16.2. The summed E-state index contributed by atoms with van der Waals surface area (Å²) in [6.07, 6.45) is 1.88. The first-order chi connectivity index (χ1) is 7.36. The Hall–Kier alpha value is -1.10. The van der Waals surface area contributed by atoms with Gasteiger partial charge in [0.25, 0.3) is 0 Å². The van der Waals surface area contributed by atoms with Crippen molar-refractivity contribution in [1.29, 1.82) is 0 Å². The molecule has 0 aromatic heterocycles. The third-order valence-electron chi connectivity index (χ3n) is 2.60. The second-order valence-electron chi connectivity index (χ2n) is 4.44.